The number of nitrogens with one attached hydrogen (secondary N) is 1. The van der Waals surface area contributed by atoms with Crippen molar-refractivity contribution < 1.29 is 4.79 Å². The summed E-state index contributed by atoms with van der Waals surface area (Å²) < 4.78 is 0. The van der Waals surface area contributed by atoms with Crippen LogP contribution in [0.15, 0.2) is 0 Å². The van der Waals surface area contributed by atoms with Gasteiger partial charge in [0.1, 0.15) is 0 Å². The maximum absolute atomic E-state index is 11.2. The Labute approximate surface area is 73.7 Å². The molecule has 0 spiro atoms. The highest BCUT2D eigenvalue weighted by molar-refractivity contribution is 5.81. The van der Waals surface area contributed by atoms with Crippen molar-refractivity contribution in [3.05, 3.63) is 0 Å². The molecule has 1 amide bonds. The molecule has 0 radical (unpaired) electrons. The van der Waals surface area contributed by atoms with Crippen molar-refractivity contribution in [3.8, 4) is 0 Å². The van der Waals surface area contributed by atoms with E-state index in [2.05, 4.69) is 5.32 Å². The molecule has 0 aromatic heterocycles. The van der Waals surface area contributed by atoms with Gasteiger partial charge < -0.3 is 11.1 Å². The van der Waals surface area contributed by atoms with E-state index in [-0.39, 0.29) is 5.91 Å². The Kier molecular flexibility index (Phi) is 3.53. The van der Waals surface area contributed by atoms with Gasteiger partial charge in [-0.05, 0) is 39.2 Å². The van der Waals surface area contributed by atoms with Gasteiger partial charge in [-0.15, -0.1) is 0 Å². The van der Waals surface area contributed by atoms with E-state index in [1.165, 1.54) is 0 Å². The van der Waals surface area contributed by atoms with E-state index in [9.17, 15) is 4.79 Å². The lowest BCUT2D eigenvalue weighted by Gasteiger charge is -2.12. The van der Waals surface area contributed by atoms with Crippen LogP contribution in [0.4, 0.5) is 0 Å². The van der Waals surface area contributed by atoms with Gasteiger partial charge in [0.15, 0.2) is 0 Å². The summed E-state index contributed by atoms with van der Waals surface area (Å²) in [5.74, 6) is 0.560. The molecule has 3 nitrogen and oxygen atoms in total. The number of amides is 1. The van der Waals surface area contributed by atoms with Gasteiger partial charge in [-0.1, -0.05) is 0 Å². The third kappa shape index (κ3) is 3.22. The van der Waals surface area contributed by atoms with Gasteiger partial charge in [-0.3, -0.25) is 4.79 Å². The molecule has 3 N–H and O–H groups in total. The van der Waals surface area contributed by atoms with E-state index in [0.717, 1.165) is 25.7 Å². The third-order valence-electron chi connectivity index (χ3n) is 2.18. The molecule has 1 aliphatic carbocycles. The van der Waals surface area contributed by atoms with Crippen LogP contribution in [0.25, 0.3) is 0 Å². The monoisotopic (exact) mass is 170 g/mol. The summed E-state index contributed by atoms with van der Waals surface area (Å²) in [5.41, 5.74) is 5.37. The van der Waals surface area contributed by atoms with Crippen LogP contribution in [-0.2, 0) is 4.79 Å². The SMILES string of the molecule is CC(CCCN)NC(=O)C1CC1. The largest absolute Gasteiger partial charge is 0.353 e. The minimum absolute atomic E-state index is 0.236. The summed E-state index contributed by atoms with van der Waals surface area (Å²) in [6, 6.07) is 0.293. The second kappa shape index (κ2) is 4.45. The molecule has 3 heteroatoms. The predicted molar refractivity (Wildman–Crippen MR) is 48.6 cm³/mol. The van der Waals surface area contributed by atoms with E-state index in [1.807, 2.05) is 6.92 Å². The van der Waals surface area contributed by atoms with Crippen LogP contribution in [0, 0.1) is 5.92 Å². The fourth-order valence-electron chi connectivity index (χ4n) is 1.20. The summed E-state index contributed by atoms with van der Waals surface area (Å²) >= 11 is 0. The predicted octanol–water partition coefficient (Wildman–Crippen LogP) is 0.640. The molecular formula is C9H18N2O. The highest BCUT2D eigenvalue weighted by Gasteiger charge is 2.29. The van der Waals surface area contributed by atoms with Gasteiger partial charge in [-0.25, -0.2) is 0 Å². The van der Waals surface area contributed by atoms with Crippen molar-refractivity contribution in [2.75, 3.05) is 6.54 Å². The fraction of sp³-hybridized carbons (Fsp3) is 0.889. The van der Waals surface area contributed by atoms with Gasteiger partial charge in [0, 0.05) is 12.0 Å². The minimum Gasteiger partial charge on any atom is -0.353 e. The lowest BCUT2D eigenvalue weighted by atomic mass is 10.2. The summed E-state index contributed by atoms with van der Waals surface area (Å²) in [6.45, 7) is 2.75. The molecule has 1 fully saturated rings. The highest BCUT2D eigenvalue weighted by atomic mass is 16.2. The molecule has 1 rings (SSSR count). The Morgan fingerprint density at radius 3 is 2.83 bits per heavy atom. The summed E-state index contributed by atoms with van der Waals surface area (Å²) in [7, 11) is 0. The molecule has 0 aliphatic heterocycles. The molecule has 0 saturated heterocycles. The zero-order valence-electron chi connectivity index (χ0n) is 7.68. The molecule has 1 aliphatic rings. The maximum atomic E-state index is 11.2. The van der Waals surface area contributed by atoms with Crippen LogP contribution in [0.3, 0.4) is 0 Å². The molecule has 0 heterocycles. The normalized spacial score (nSPS) is 18.8. The lowest BCUT2D eigenvalue weighted by Crippen LogP contribution is -2.33. The number of carbonyl (C=O) groups excluding carboxylic acids is 1. The van der Waals surface area contributed by atoms with Crippen molar-refractivity contribution in [1.29, 1.82) is 0 Å². The van der Waals surface area contributed by atoms with Crippen molar-refractivity contribution in [2.45, 2.75) is 38.6 Å². The molecule has 0 bridgehead atoms. The standard InChI is InChI=1S/C9H18N2O/c1-7(3-2-6-10)11-9(12)8-4-5-8/h7-8H,2-6,10H2,1H3,(H,11,12). The highest BCUT2D eigenvalue weighted by Crippen LogP contribution is 2.28. The van der Waals surface area contributed by atoms with Gasteiger partial charge in [0.05, 0.1) is 0 Å². The summed E-state index contributed by atoms with van der Waals surface area (Å²) in [5, 5.41) is 2.98. The molecule has 70 valence electrons. The zero-order chi connectivity index (χ0) is 8.97. The van der Waals surface area contributed by atoms with Crippen LogP contribution < -0.4 is 11.1 Å². The van der Waals surface area contributed by atoms with Crippen LogP contribution in [0.1, 0.15) is 32.6 Å². The van der Waals surface area contributed by atoms with E-state index in [0.29, 0.717) is 18.5 Å². The van der Waals surface area contributed by atoms with Crippen molar-refractivity contribution in [2.24, 2.45) is 11.7 Å². The van der Waals surface area contributed by atoms with Crippen LogP contribution in [0.2, 0.25) is 0 Å². The number of rotatable bonds is 5. The van der Waals surface area contributed by atoms with Crippen molar-refractivity contribution in [1.82, 2.24) is 5.32 Å². The van der Waals surface area contributed by atoms with Crippen molar-refractivity contribution >= 4 is 5.91 Å². The number of nitrogens with two attached hydrogens (primary N) is 1. The first kappa shape index (κ1) is 9.52. The number of carbonyl (C=O) groups is 1. The number of hydrogen-bond acceptors (Lipinski definition) is 2. The van der Waals surface area contributed by atoms with Gasteiger partial charge in [-0.2, -0.15) is 0 Å². The molecule has 1 unspecified atom stereocenters. The Morgan fingerprint density at radius 2 is 2.33 bits per heavy atom. The molecule has 1 saturated carbocycles. The fourth-order valence-corrected chi connectivity index (χ4v) is 1.20. The van der Waals surface area contributed by atoms with Gasteiger partial charge >= 0.3 is 0 Å². The quantitative estimate of drug-likeness (QED) is 0.636. The summed E-state index contributed by atoms with van der Waals surface area (Å²) in [4.78, 5) is 11.2. The third-order valence-corrected chi connectivity index (χ3v) is 2.18. The number of hydrogen-bond donors (Lipinski definition) is 2. The van der Waals surface area contributed by atoms with E-state index in [1.54, 1.807) is 0 Å². The molecule has 1 atom stereocenters. The lowest BCUT2D eigenvalue weighted by molar-refractivity contribution is -0.122. The maximum Gasteiger partial charge on any atom is 0.223 e. The Bertz CT molecular complexity index is 155. The molecular weight excluding hydrogens is 152 g/mol. The smallest absolute Gasteiger partial charge is 0.223 e. The Hall–Kier alpha value is -0.570. The first-order chi connectivity index (χ1) is 5.74. The first-order valence-corrected chi connectivity index (χ1v) is 4.74. The van der Waals surface area contributed by atoms with Crippen LogP contribution in [-0.4, -0.2) is 18.5 Å². The first-order valence-electron chi connectivity index (χ1n) is 4.74. The topological polar surface area (TPSA) is 55.1 Å². The van der Waals surface area contributed by atoms with Gasteiger partial charge in [0.25, 0.3) is 0 Å². The van der Waals surface area contributed by atoms with Crippen molar-refractivity contribution in [3.63, 3.8) is 0 Å². The minimum atomic E-state index is 0.236. The molecule has 0 aromatic carbocycles. The van der Waals surface area contributed by atoms with Gasteiger partial charge in [0.2, 0.25) is 5.91 Å². The van der Waals surface area contributed by atoms with E-state index < -0.39 is 0 Å². The Morgan fingerprint density at radius 1 is 1.67 bits per heavy atom. The van der Waals surface area contributed by atoms with E-state index in [4.69, 9.17) is 5.73 Å². The van der Waals surface area contributed by atoms with Crippen LogP contribution >= 0.6 is 0 Å². The van der Waals surface area contributed by atoms with Crippen LogP contribution in [0.5, 0.6) is 0 Å². The average Bonchev–Trinajstić information content (AvgIpc) is 2.82. The Balaban J connectivity index is 2.07. The molecule has 12 heavy (non-hydrogen) atoms. The van der Waals surface area contributed by atoms with E-state index >= 15 is 0 Å². The second-order valence-corrected chi connectivity index (χ2v) is 3.61. The summed E-state index contributed by atoms with van der Waals surface area (Å²) in [6.07, 6.45) is 4.14. The average molecular weight is 170 g/mol. The second-order valence-electron chi connectivity index (χ2n) is 3.61. The zero-order valence-corrected chi connectivity index (χ0v) is 7.68. The molecule has 0 aromatic rings.